The van der Waals surface area contributed by atoms with Crippen LogP contribution in [0.15, 0.2) is 18.2 Å². The Morgan fingerprint density at radius 1 is 1.44 bits per heavy atom. The second kappa shape index (κ2) is 4.56. The number of nitrogens with one attached hydrogen (secondary N) is 1. The zero-order chi connectivity index (χ0) is 11.5. The number of ether oxygens (including phenoxy) is 1. The molecule has 0 aliphatic carbocycles. The first-order chi connectivity index (χ1) is 7.72. The molecule has 3 heteroatoms. The molecule has 1 unspecified atom stereocenters. The van der Waals surface area contributed by atoms with E-state index in [9.17, 15) is 4.79 Å². The fraction of sp³-hybridized carbons (Fsp3) is 0.462. The fourth-order valence-corrected chi connectivity index (χ4v) is 2.21. The molecule has 16 heavy (non-hydrogen) atoms. The third kappa shape index (κ3) is 2.03. The van der Waals surface area contributed by atoms with Gasteiger partial charge < -0.3 is 10.1 Å². The maximum atomic E-state index is 11.7. The predicted molar refractivity (Wildman–Crippen MR) is 62.7 cm³/mol. The molecule has 0 bridgehead atoms. The summed E-state index contributed by atoms with van der Waals surface area (Å²) < 4.78 is 5.21. The lowest BCUT2D eigenvalue weighted by atomic mass is 9.90. The van der Waals surface area contributed by atoms with Crippen LogP contribution in [0.25, 0.3) is 0 Å². The SMILES string of the molecule is COc1ccc(C2CCCNC2=O)cc1C. The van der Waals surface area contributed by atoms with Crippen LogP contribution in [0, 0.1) is 6.92 Å². The Kier molecular flexibility index (Phi) is 3.13. The first kappa shape index (κ1) is 11.0. The number of carbonyl (C=O) groups excluding carboxylic acids is 1. The molecule has 0 aromatic heterocycles. The Balaban J connectivity index is 2.26. The van der Waals surface area contributed by atoms with Crippen molar-refractivity contribution in [3.63, 3.8) is 0 Å². The number of amides is 1. The summed E-state index contributed by atoms with van der Waals surface area (Å²) in [6, 6.07) is 5.97. The van der Waals surface area contributed by atoms with Crippen LogP contribution in [0.4, 0.5) is 0 Å². The van der Waals surface area contributed by atoms with E-state index in [1.807, 2.05) is 19.1 Å². The van der Waals surface area contributed by atoms with E-state index in [-0.39, 0.29) is 11.8 Å². The first-order valence-corrected chi connectivity index (χ1v) is 5.64. The molecule has 1 saturated heterocycles. The molecule has 0 saturated carbocycles. The standard InChI is InChI=1S/C13H17NO2/c1-9-8-10(5-6-12(9)16-2)11-4-3-7-14-13(11)15/h5-6,8,11H,3-4,7H2,1-2H3,(H,14,15). The summed E-state index contributed by atoms with van der Waals surface area (Å²) in [7, 11) is 1.66. The van der Waals surface area contributed by atoms with Crippen molar-refractivity contribution in [1.29, 1.82) is 0 Å². The van der Waals surface area contributed by atoms with Gasteiger partial charge in [-0.3, -0.25) is 4.79 Å². The molecule has 0 spiro atoms. The molecule has 3 nitrogen and oxygen atoms in total. The van der Waals surface area contributed by atoms with Crippen LogP contribution in [-0.4, -0.2) is 19.6 Å². The second-order valence-corrected chi connectivity index (χ2v) is 4.21. The van der Waals surface area contributed by atoms with Crippen LogP contribution in [0.2, 0.25) is 0 Å². The minimum absolute atomic E-state index is 0.0124. The number of rotatable bonds is 2. The van der Waals surface area contributed by atoms with Crippen molar-refractivity contribution in [1.82, 2.24) is 5.32 Å². The molecule has 86 valence electrons. The molecule has 1 heterocycles. The van der Waals surface area contributed by atoms with Crippen molar-refractivity contribution in [2.24, 2.45) is 0 Å². The van der Waals surface area contributed by atoms with Gasteiger partial charge in [-0.15, -0.1) is 0 Å². The van der Waals surface area contributed by atoms with Gasteiger partial charge in [0, 0.05) is 6.54 Å². The Hall–Kier alpha value is -1.51. The Labute approximate surface area is 95.8 Å². The zero-order valence-corrected chi connectivity index (χ0v) is 9.75. The number of carbonyl (C=O) groups is 1. The van der Waals surface area contributed by atoms with Gasteiger partial charge in [-0.05, 0) is 37.0 Å². The van der Waals surface area contributed by atoms with Crippen molar-refractivity contribution < 1.29 is 9.53 Å². The highest BCUT2D eigenvalue weighted by Crippen LogP contribution is 2.28. The molecular weight excluding hydrogens is 202 g/mol. The molecule has 1 N–H and O–H groups in total. The Morgan fingerprint density at radius 2 is 2.25 bits per heavy atom. The number of benzene rings is 1. The molecular formula is C13H17NO2. The molecule has 1 atom stereocenters. The van der Waals surface area contributed by atoms with Gasteiger partial charge in [0.1, 0.15) is 5.75 Å². The number of aryl methyl sites for hydroxylation is 1. The summed E-state index contributed by atoms with van der Waals surface area (Å²) in [5.41, 5.74) is 2.17. The van der Waals surface area contributed by atoms with Crippen LogP contribution in [0.3, 0.4) is 0 Å². The minimum Gasteiger partial charge on any atom is -0.496 e. The van der Waals surface area contributed by atoms with Gasteiger partial charge in [-0.1, -0.05) is 12.1 Å². The van der Waals surface area contributed by atoms with Crippen LogP contribution in [-0.2, 0) is 4.79 Å². The molecule has 1 aliphatic rings. The molecule has 1 amide bonds. The van der Waals surface area contributed by atoms with Gasteiger partial charge in [0.2, 0.25) is 5.91 Å². The van der Waals surface area contributed by atoms with Gasteiger partial charge >= 0.3 is 0 Å². The van der Waals surface area contributed by atoms with Crippen molar-refractivity contribution in [2.75, 3.05) is 13.7 Å². The highest BCUT2D eigenvalue weighted by molar-refractivity contribution is 5.84. The molecule has 0 radical (unpaired) electrons. The fourth-order valence-electron chi connectivity index (χ4n) is 2.21. The number of hydrogen-bond donors (Lipinski definition) is 1. The summed E-state index contributed by atoms with van der Waals surface area (Å²) in [5.74, 6) is 1.04. The lowest BCUT2D eigenvalue weighted by Gasteiger charge is -2.22. The summed E-state index contributed by atoms with van der Waals surface area (Å²) in [6.45, 7) is 2.81. The van der Waals surface area contributed by atoms with E-state index < -0.39 is 0 Å². The quantitative estimate of drug-likeness (QED) is 0.826. The zero-order valence-electron chi connectivity index (χ0n) is 9.75. The van der Waals surface area contributed by atoms with Crippen molar-refractivity contribution >= 4 is 5.91 Å². The smallest absolute Gasteiger partial charge is 0.227 e. The maximum absolute atomic E-state index is 11.7. The van der Waals surface area contributed by atoms with E-state index in [1.54, 1.807) is 7.11 Å². The normalized spacial score (nSPS) is 20.4. The second-order valence-electron chi connectivity index (χ2n) is 4.21. The number of hydrogen-bond acceptors (Lipinski definition) is 2. The topological polar surface area (TPSA) is 38.3 Å². The summed E-state index contributed by atoms with van der Waals surface area (Å²) in [5, 5.41) is 2.91. The lowest BCUT2D eigenvalue weighted by molar-refractivity contribution is -0.123. The monoisotopic (exact) mass is 219 g/mol. The van der Waals surface area contributed by atoms with Crippen LogP contribution in [0.1, 0.15) is 29.9 Å². The molecule has 1 aliphatic heterocycles. The van der Waals surface area contributed by atoms with Crippen molar-refractivity contribution in [3.8, 4) is 5.75 Å². The van der Waals surface area contributed by atoms with Crippen LogP contribution >= 0.6 is 0 Å². The third-order valence-corrected chi connectivity index (χ3v) is 3.11. The average molecular weight is 219 g/mol. The number of piperidine rings is 1. The van der Waals surface area contributed by atoms with E-state index in [0.29, 0.717) is 0 Å². The van der Waals surface area contributed by atoms with Gasteiger partial charge in [0.15, 0.2) is 0 Å². The summed E-state index contributed by atoms with van der Waals surface area (Å²) in [4.78, 5) is 11.7. The van der Waals surface area contributed by atoms with E-state index in [4.69, 9.17) is 4.74 Å². The Bertz CT molecular complexity index is 401. The highest BCUT2D eigenvalue weighted by atomic mass is 16.5. The van der Waals surface area contributed by atoms with E-state index in [1.165, 1.54) is 0 Å². The molecule has 1 aromatic carbocycles. The van der Waals surface area contributed by atoms with E-state index in [0.717, 1.165) is 36.3 Å². The van der Waals surface area contributed by atoms with Crippen LogP contribution in [0.5, 0.6) is 5.75 Å². The molecule has 1 fully saturated rings. The largest absolute Gasteiger partial charge is 0.496 e. The van der Waals surface area contributed by atoms with Crippen LogP contribution < -0.4 is 10.1 Å². The van der Waals surface area contributed by atoms with Gasteiger partial charge in [-0.2, -0.15) is 0 Å². The predicted octanol–water partition coefficient (Wildman–Crippen LogP) is 2.00. The van der Waals surface area contributed by atoms with Crippen molar-refractivity contribution in [2.45, 2.75) is 25.7 Å². The Morgan fingerprint density at radius 3 is 2.88 bits per heavy atom. The maximum Gasteiger partial charge on any atom is 0.227 e. The number of methoxy groups -OCH3 is 1. The average Bonchev–Trinajstić information content (AvgIpc) is 2.29. The first-order valence-electron chi connectivity index (χ1n) is 5.64. The highest BCUT2D eigenvalue weighted by Gasteiger charge is 2.23. The van der Waals surface area contributed by atoms with E-state index in [2.05, 4.69) is 11.4 Å². The molecule has 1 aromatic rings. The van der Waals surface area contributed by atoms with Gasteiger partial charge in [0.05, 0.1) is 13.0 Å². The summed E-state index contributed by atoms with van der Waals surface area (Å²) >= 11 is 0. The van der Waals surface area contributed by atoms with Gasteiger partial charge in [0.25, 0.3) is 0 Å². The minimum atomic E-state index is 0.0124. The molecule has 2 rings (SSSR count). The third-order valence-electron chi connectivity index (χ3n) is 3.11. The lowest BCUT2D eigenvalue weighted by Crippen LogP contribution is -2.35. The van der Waals surface area contributed by atoms with Crippen molar-refractivity contribution in [3.05, 3.63) is 29.3 Å². The van der Waals surface area contributed by atoms with E-state index >= 15 is 0 Å². The van der Waals surface area contributed by atoms with Gasteiger partial charge in [-0.25, -0.2) is 0 Å². The summed E-state index contributed by atoms with van der Waals surface area (Å²) in [6.07, 6.45) is 2.00.